The van der Waals surface area contributed by atoms with E-state index in [1.807, 2.05) is 6.07 Å². The van der Waals surface area contributed by atoms with Gasteiger partial charge in [-0.05, 0) is 65.5 Å². The van der Waals surface area contributed by atoms with Gasteiger partial charge >= 0.3 is 0 Å². The van der Waals surface area contributed by atoms with E-state index in [0.29, 0.717) is 29.3 Å². The van der Waals surface area contributed by atoms with E-state index in [9.17, 15) is 4.79 Å². The summed E-state index contributed by atoms with van der Waals surface area (Å²) in [5, 5.41) is 0.584. The molecule has 6 heteroatoms. The maximum atomic E-state index is 12.5. The molecular weight excluding hydrogens is 458 g/mol. The van der Waals surface area contributed by atoms with Gasteiger partial charge < -0.3 is 4.98 Å². The maximum absolute atomic E-state index is 12.5. The second-order valence-electron chi connectivity index (χ2n) is 6.82. The molecule has 26 heavy (non-hydrogen) atoms. The highest BCUT2D eigenvalue weighted by Gasteiger charge is 2.24. The number of benzene rings is 2. The summed E-state index contributed by atoms with van der Waals surface area (Å²) in [5.74, 6) is 0.691. The lowest BCUT2D eigenvalue weighted by Crippen LogP contribution is -2.29. The van der Waals surface area contributed by atoms with E-state index in [1.165, 1.54) is 17.5 Å². The fourth-order valence-electron chi connectivity index (χ4n) is 3.82. The molecule has 0 bridgehead atoms. The molecule has 4 nitrogen and oxygen atoms in total. The number of hydrogen-bond acceptors (Lipinski definition) is 3. The van der Waals surface area contributed by atoms with Gasteiger partial charge in [0.05, 0.1) is 17.4 Å². The lowest BCUT2D eigenvalue weighted by molar-refractivity contribution is 0.208. The summed E-state index contributed by atoms with van der Waals surface area (Å²) in [5.41, 5.74) is 3.42. The van der Waals surface area contributed by atoms with E-state index < -0.39 is 0 Å². The molecule has 1 heterocycles. The van der Waals surface area contributed by atoms with Crippen LogP contribution in [0.3, 0.4) is 0 Å². The van der Waals surface area contributed by atoms with Crippen LogP contribution in [-0.4, -0.2) is 21.9 Å². The molecule has 134 valence electrons. The number of aromatic amines is 1. The molecule has 2 aromatic carbocycles. The van der Waals surface area contributed by atoms with Gasteiger partial charge in [-0.25, -0.2) is 4.98 Å². The number of fused-ring (bicyclic) bond motifs is 2. The highest BCUT2D eigenvalue weighted by Crippen LogP contribution is 2.34. The molecule has 0 radical (unpaired) electrons. The first kappa shape index (κ1) is 17.9. The average molecular weight is 477 g/mol. The number of halogens is 2. The Morgan fingerprint density at radius 2 is 2.08 bits per heavy atom. The van der Waals surface area contributed by atoms with E-state index in [4.69, 9.17) is 4.98 Å². The van der Waals surface area contributed by atoms with Crippen molar-refractivity contribution in [2.75, 3.05) is 7.05 Å². The summed E-state index contributed by atoms with van der Waals surface area (Å²) in [7, 11) is 2.10. The Kier molecular flexibility index (Phi) is 4.99. The monoisotopic (exact) mass is 475 g/mol. The Balaban J connectivity index is 1.67. The lowest BCUT2D eigenvalue weighted by Gasteiger charge is -2.33. The minimum absolute atomic E-state index is 0.107. The van der Waals surface area contributed by atoms with Gasteiger partial charge in [0.1, 0.15) is 5.82 Å². The molecule has 0 saturated heterocycles. The SMILES string of the molecule is CN(Cc1nc2c(Br)cc(Br)cc2c(=O)[nH]1)C1CCCc2ccccc21. The molecule has 0 amide bonds. The van der Waals surface area contributed by atoms with Crippen LogP contribution in [0.1, 0.15) is 35.8 Å². The van der Waals surface area contributed by atoms with E-state index in [0.717, 1.165) is 21.8 Å². The van der Waals surface area contributed by atoms with Crippen LogP contribution in [0.5, 0.6) is 0 Å². The Hall–Kier alpha value is -1.50. The smallest absolute Gasteiger partial charge is 0.258 e. The van der Waals surface area contributed by atoms with Crippen LogP contribution >= 0.6 is 31.9 Å². The third kappa shape index (κ3) is 3.38. The second kappa shape index (κ2) is 7.25. The summed E-state index contributed by atoms with van der Waals surface area (Å²) in [4.78, 5) is 22.4. The number of aromatic nitrogens is 2. The fraction of sp³-hybridized carbons (Fsp3) is 0.300. The highest BCUT2D eigenvalue weighted by molar-refractivity contribution is 9.11. The number of rotatable bonds is 3. The molecule has 0 aliphatic heterocycles. The van der Waals surface area contributed by atoms with Crippen LogP contribution in [0.4, 0.5) is 0 Å². The van der Waals surface area contributed by atoms with Crippen molar-refractivity contribution in [3.63, 3.8) is 0 Å². The number of nitrogens with zero attached hydrogens (tertiary/aromatic N) is 2. The van der Waals surface area contributed by atoms with Crippen molar-refractivity contribution >= 4 is 42.8 Å². The topological polar surface area (TPSA) is 49.0 Å². The molecule has 1 N–H and O–H groups in total. The third-order valence-corrected chi connectivity index (χ3v) is 6.11. The standard InChI is InChI=1S/C20H19Br2N3O/c1-25(17-8-4-6-12-5-2-3-7-14(12)17)11-18-23-19-15(20(26)24-18)9-13(21)10-16(19)22/h2-3,5,7,9-10,17H,4,6,8,11H2,1H3,(H,23,24,26). The summed E-state index contributed by atoms with van der Waals surface area (Å²) >= 11 is 6.95. The van der Waals surface area contributed by atoms with Crippen molar-refractivity contribution in [3.05, 3.63) is 72.6 Å². The summed E-state index contributed by atoms with van der Waals surface area (Å²) < 4.78 is 1.67. The number of nitrogens with one attached hydrogen (secondary N) is 1. The van der Waals surface area contributed by atoms with Gasteiger partial charge in [-0.1, -0.05) is 40.2 Å². The Labute approximate surface area is 168 Å². The minimum atomic E-state index is -0.107. The minimum Gasteiger partial charge on any atom is -0.309 e. The molecule has 0 saturated carbocycles. The normalized spacial score (nSPS) is 16.8. The molecule has 1 aliphatic rings. The molecule has 4 rings (SSSR count). The van der Waals surface area contributed by atoms with Crippen molar-refractivity contribution in [1.29, 1.82) is 0 Å². The second-order valence-corrected chi connectivity index (χ2v) is 8.59. The van der Waals surface area contributed by atoms with Crippen LogP contribution in [0.25, 0.3) is 10.9 Å². The van der Waals surface area contributed by atoms with E-state index in [2.05, 4.69) is 73.1 Å². The van der Waals surface area contributed by atoms with Crippen molar-refractivity contribution in [2.45, 2.75) is 31.8 Å². The summed E-state index contributed by atoms with van der Waals surface area (Å²) in [6.07, 6.45) is 3.46. The third-order valence-electron chi connectivity index (χ3n) is 5.05. The van der Waals surface area contributed by atoms with Crippen molar-refractivity contribution in [3.8, 4) is 0 Å². The van der Waals surface area contributed by atoms with Gasteiger partial charge in [0.2, 0.25) is 0 Å². The summed E-state index contributed by atoms with van der Waals surface area (Å²) in [6, 6.07) is 12.7. The predicted octanol–water partition coefficient (Wildman–Crippen LogP) is 4.96. The largest absolute Gasteiger partial charge is 0.309 e. The zero-order valence-electron chi connectivity index (χ0n) is 14.4. The molecule has 0 fully saturated rings. The van der Waals surface area contributed by atoms with Gasteiger partial charge in [-0.3, -0.25) is 9.69 Å². The highest BCUT2D eigenvalue weighted by atomic mass is 79.9. The predicted molar refractivity (Wildman–Crippen MR) is 111 cm³/mol. The molecule has 1 atom stereocenters. The van der Waals surface area contributed by atoms with Gasteiger partial charge in [-0.15, -0.1) is 0 Å². The zero-order valence-corrected chi connectivity index (χ0v) is 17.6. The molecule has 0 spiro atoms. The van der Waals surface area contributed by atoms with Gasteiger partial charge in [0.15, 0.2) is 0 Å². The molecule has 1 unspecified atom stereocenters. The van der Waals surface area contributed by atoms with Gasteiger partial charge in [0, 0.05) is 15.0 Å². The molecule has 3 aromatic rings. The Morgan fingerprint density at radius 1 is 1.27 bits per heavy atom. The number of aryl methyl sites for hydroxylation is 1. The maximum Gasteiger partial charge on any atom is 0.258 e. The van der Waals surface area contributed by atoms with E-state index in [-0.39, 0.29) is 5.56 Å². The van der Waals surface area contributed by atoms with Crippen molar-refractivity contribution in [1.82, 2.24) is 14.9 Å². The Bertz CT molecular complexity index is 1030. The lowest BCUT2D eigenvalue weighted by atomic mass is 9.87. The van der Waals surface area contributed by atoms with E-state index >= 15 is 0 Å². The van der Waals surface area contributed by atoms with Crippen LogP contribution in [-0.2, 0) is 13.0 Å². The molecule has 1 aromatic heterocycles. The first-order valence-corrected chi connectivity index (χ1v) is 10.3. The molecule has 1 aliphatic carbocycles. The van der Waals surface area contributed by atoms with Gasteiger partial charge in [-0.2, -0.15) is 0 Å². The zero-order chi connectivity index (χ0) is 18.3. The summed E-state index contributed by atoms with van der Waals surface area (Å²) in [6.45, 7) is 0.604. The van der Waals surface area contributed by atoms with Gasteiger partial charge in [0.25, 0.3) is 5.56 Å². The molecular formula is C20H19Br2N3O. The fourth-order valence-corrected chi connectivity index (χ4v) is 5.14. The first-order valence-electron chi connectivity index (χ1n) is 8.69. The van der Waals surface area contributed by atoms with Crippen LogP contribution in [0.2, 0.25) is 0 Å². The first-order chi connectivity index (χ1) is 12.5. The Morgan fingerprint density at radius 3 is 2.92 bits per heavy atom. The van der Waals surface area contributed by atoms with E-state index in [1.54, 1.807) is 6.07 Å². The quantitative estimate of drug-likeness (QED) is 0.581. The van der Waals surface area contributed by atoms with Crippen molar-refractivity contribution in [2.24, 2.45) is 0 Å². The van der Waals surface area contributed by atoms with Crippen LogP contribution in [0, 0.1) is 0 Å². The van der Waals surface area contributed by atoms with Crippen molar-refractivity contribution < 1.29 is 0 Å². The number of hydrogen-bond donors (Lipinski definition) is 1. The average Bonchev–Trinajstić information content (AvgIpc) is 2.62. The van der Waals surface area contributed by atoms with Crippen LogP contribution in [0.15, 0.2) is 50.1 Å². The van der Waals surface area contributed by atoms with Crippen LogP contribution < -0.4 is 5.56 Å². The number of H-pyrrole nitrogens is 1.